The maximum Gasteiger partial charge on any atom is 0.127 e. The van der Waals surface area contributed by atoms with E-state index in [1.807, 2.05) is 12.1 Å². The van der Waals surface area contributed by atoms with Crippen molar-refractivity contribution in [3.05, 3.63) is 35.6 Å². The van der Waals surface area contributed by atoms with E-state index >= 15 is 0 Å². The van der Waals surface area contributed by atoms with Gasteiger partial charge in [0.05, 0.1) is 0 Å². The molecule has 0 amide bonds. The normalized spacial score (nSPS) is 26.8. The SMILES string of the molecule is CC1CCCC(NC(C)c2ccccc2F)C1. The Labute approximate surface area is 103 Å². The van der Waals surface area contributed by atoms with E-state index in [2.05, 4.69) is 19.2 Å². The lowest BCUT2D eigenvalue weighted by Crippen LogP contribution is -2.35. The molecule has 0 bridgehead atoms. The first-order chi connectivity index (χ1) is 8.16. The van der Waals surface area contributed by atoms with Gasteiger partial charge in [-0.05, 0) is 31.7 Å². The standard InChI is InChI=1S/C15H22FN/c1-11-6-5-7-13(10-11)17-12(2)14-8-3-4-9-15(14)16/h3-4,8-9,11-13,17H,5-7,10H2,1-2H3. The van der Waals surface area contributed by atoms with Crippen molar-refractivity contribution in [3.63, 3.8) is 0 Å². The Morgan fingerprint density at radius 3 is 2.76 bits per heavy atom. The predicted octanol–water partition coefficient (Wildman–Crippen LogP) is 4.06. The molecule has 0 spiro atoms. The fraction of sp³-hybridized carbons (Fsp3) is 0.600. The molecule has 2 rings (SSSR count). The van der Waals surface area contributed by atoms with Gasteiger partial charge < -0.3 is 5.32 Å². The molecule has 1 aliphatic rings. The Kier molecular flexibility index (Phi) is 4.16. The fourth-order valence-electron chi connectivity index (χ4n) is 2.86. The van der Waals surface area contributed by atoms with Crippen molar-refractivity contribution in [2.24, 2.45) is 5.92 Å². The van der Waals surface area contributed by atoms with E-state index in [0.717, 1.165) is 11.5 Å². The third kappa shape index (κ3) is 3.29. The van der Waals surface area contributed by atoms with Crippen LogP contribution in [0.15, 0.2) is 24.3 Å². The van der Waals surface area contributed by atoms with E-state index in [1.54, 1.807) is 6.07 Å². The van der Waals surface area contributed by atoms with Crippen molar-refractivity contribution in [1.29, 1.82) is 0 Å². The van der Waals surface area contributed by atoms with Crippen LogP contribution in [0.4, 0.5) is 4.39 Å². The lowest BCUT2D eigenvalue weighted by molar-refractivity contribution is 0.284. The number of hydrogen-bond donors (Lipinski definition) is 1. The van der Waals surface area contributed by atoms with E-state index in [4.69, 9.17) is 0 Å². The monoisotopic (exact) mass is 235 g/mol. The Balaban J connectivity index is 1.97. The second-order valence-electron chi connectivity index (χ2n) is 5.38. The number of hydrogen-bond acceptors (Lipinski definition) is 1. The van der Waals surface area contributed by atoms with Crippen LogP contribution in [0.25, 0.3) is 0 Å². The van der Waals surface area contributed by atoms with Crippen LogP contribution in [0.5, 0.6) is 0 Å². The molecule has 1 aromatic rings. The summed E-state index contributed by atoms with van der Waals surface area (Å²) in [6, 6.07) is 7.71. The van der Waals surface area contributed by atoms with Gasteiger partial charge in [-0.2, -0.15) is 0 Å². The molecule has 94 valence electrons. The Morgan fingerprint density at radius 2 is 2.06 bits per heavy atom. The smallest absolute Gasteiger partial charge is 0.127 e. The first-order valence-corrected chi connectivity index (χ1v) is 6.67. The first kappa shape index (κ1) is 12.6. The fourth-order valence-corrected chi connectivity index (χ4v) is 2.86. The second kappa shape index (κ2) is 5.63. The summed E-state index contributed by atoms with van der Waals surface area (Å²) in [6.07, 6.45) is 5.08. The summed E-state index contributed by atoms with van der Waals surface area (Å²) < 4.78 is 13.6. The van der Waals surface area contributed by atoms with E-state index in [9.17, 15) is 4.39 Å². The zero-order chi connectivity index (χ0) is 12.3. The Bertz CT molecular complexity index is 364. The molecule has 3 unspecified atom stereocenters. The summed E-state index contributed by atoms with van der Waals surface area (Å²) in [4.78, 5) is 0. The van der Waals surface area contributed by atoms with Gasteiger partial charge in [-0.1, -0.05) is 38.0 Å². The average molecular weight is 235 g/mol. The van der Waals surface area contributed by atoms with Crippen LogP contribution >= 0.6 is 0 Å². The van der Waals surface area contributed by atoms with E-state index in [1.165, 1.54) is 31.7 Å². The van der Waals surface area contributed by atoms with Gasteiger partial charge in [-0.15, -0.1) is 0 Å². The van der Waals surface area contributed by atoms with Crippen molar-refractivity contribution in [2.75, 3.05) is 0 Å². The van der Waals surface area contributed by atoms with Crippen molar-refractivity contribution in [1.82, 2.24) is 5.32 Å². The molecule has 17 heavy (non-hydrogen) atoms. The minimum Gasteiger partial charge on any atom is -0.307 e. The maximum absolute atomic E-state index is 13.6. The molecule has 1 saturated carbocycles. The molecule has 0 radical (unpaired) electrons. The summed E-state index contributed by atoms with van der Waals surface area (Å²) in [5, 5.41) is 3.57. The Morgan fingerprint density at radius 1 is 1.29 bits per heavy atom. The van der Waals surface area contributed by atoms with Gasteiger partial charge in [0.15, 0.2) is 0 Å². The van der Waals surface area contributed by atoms with Crippen LogP contribution < -0.4 is 5.32 Å². The van der Waals surface area contributed by atoms with Crippen molar-refractivity contribution in [3.8, 4) is 0 Å². The van der Waals surface area contributed by atoms with E-state index in [0.29, 0.717) is 6.04 Å². The van der Waals surface area contributed by atoms with Gasteiger partial charge in [0, 0.05) is 17.6 Å². The largest absolute Gasteiger partial charge is 0.307 e. The number of rotatable bonds is 3. The topological polar surface area (TPSA) is 12.0 Å². The molecule has 2 heteroatoms. The third-order valence-corrected chi connectivity index (χ3v) is 3.79. The molecule has 1 fully saturated rings. The van der Waals surface area contributed by atoms with Crippen LogP contribution in [0.2, 0.25) is 0 Å². The molecule has 0 saturated heterocycles. The predicted molar refractivity (Wildman–Crippen MR) is 69.4 cm³/mol. The summed E-state index contributed by atoms with van der Waals surface area (Å²) in [6.45, 7) is 4.36. The summed E-state index contributed by atoms with van der Waals surface area (Å²) in [5.41, 5.74) is 0.783. The molecule has 3 atom stereocenters. The highest BCUT2D eigenvalue weighted by Crippen LogP contribution is 2.26. The lowest BCUT2D eigenvalue weighted by Gasteiger charge is -2.30. The van der Waals surface area contributed by atoms with E-state index in [-0.39, 0.29) is 11.9 Å². The maximum atomic E-state index is 13.6. The summed E-state index contributed by atoms with van der Waals surface area (Å²) in [7, 11) is 0. The molecule has 0 aromatic heterocycles. The molecule has 0 heterocycles. The van der Waals surface area contributed by atoms with Crippen LogP contribution in [-0.2, 0) is 0 Å². The van der Waals surface area contributed by atoms with Gasteiger partial charge in [0.25, 0.3) is 0 Å². The van der Waals surface area contributed by atoms with Crippen LogP contribution in [0, 0.1) is 11.7 Å². The molecule has 1 aromatic carbocycles. The number of benzene rings is 1. The molecular formula is C15H22FN. The minimum absolute atomic E-state index is 0.101. The van der Waals surface area contributed by atoms with Gasteiger partial charge in [0.2, 0.25) is 0 Å². The number of halogens is 1. The first-order valence-electron chi connectivity index (χ1n) is 6.67. The van der Waals surface area contributed by atoms with Crippen molar-refractivity contribution < 1.29 is 4.39 Å². The zero-order valence-corrected chi connectivity index (χ0v) is 10.7. The van der Waals surface area contributed by atoms with Crippen molar-refractivity contribution in [2.45, 2.75) is 51.6 Å². The van der Waals surface area contributed by atoms with Gasteiger partial charge in [0.1, 0.15) is 5.82 Å². The lowest BCUT2D eigenvalue weighted by atomic mass is 9.86. The highest BCUT2D eigenvalue weighted by atomic mass is 19.1. The minimum atomic E-state index is -0.101. The Hall–Kier alpha value is -0.890. The van der Waals surface area contributed by atoms with Gasteiger partial charge >= 0.3 is 0 Å². The highest BCUT2D eigenvalue weighted by Gasteiger charge is 2.21. The van der Waals surface area contributed by atoms with Crippen molar-refractivity contribution >= 4 is 0 Å². The molecular weight excluding hydrogens is 213 g/mol. The second-order valence-corrected chi connectivity index (χ2v) is 5.38. The average Bonchev–Trinajstić information content (AvgIpc) is 2.29. The van der Waals surface area contributed by atoms with Crippen LogP contribution in [-0.4, -0.2) is 6.04 Å². The molecule has 1 aliphatic carbocycles. The molecule has 1 nitrogen and oxygen atoms in total. The van der Waals surface area contributed by atoms with Crippen LogP contribution in [0.3, 0.4) is 0 Å². The van der Waals surface area contributed by atoms with Crippen LogP contribution in [0.1, 0.15) is 51.1 Å². The summed E-state index contributed by atoms with van der Waals surface area (Å²) in [5.74, 6) is 0.699. The van der Waals surface area contributed by atoms with E-state index < -0.39 is 0 Å². The zero-order valence-electron chi connectivity index (χ0n) is 10.7. The highest BCUT2D eigenvalue weighted by molar-refractivity contribution is 5.20. The van der Waals surface area contributed by atoms with Gasteiger partial charge in [-0.3, -0.25) is 0 Å². The summed E-state index contributed by atoms with van der Waals surface area (Å²) >= 11 is 0. The van der Waals surface area contributed by atoms with Gasteiger partial charge in [-0.25, -0.2) is 4.39 Å². The number of nitrogens with one attached hydrogen (secondary N) is 1. The quantitative estimate of drug-likeness (QED) is 0.833. The molecule has 1 N–H and O–H groups in total. The third-order valence-electron chi connectivity index (χ3n) is 3.79. The molecule has 0 aliphatic heterocycles.